The number of fused-ring (bicyclic) bond motifs is 2. The lowest BCUT2D eigenvalue weighted by molar-refractivity contribution is -0.384. The zero-order valence-electron chi connectivity index (χ0n) is 36.8. The molecule has 6 unspecified atom stereocenters. The Morgan fingerprint density at radius 1 is 0.969 bits per heavy atom. The van der Waals surface area contributed by atoms with Gasteiger partial charge in [0.05, 0.1) is 23.2 Å². The average molecular weight is 892 g/mol. The molecule has 1 heterocycles. The maximum absolute atomic E-state index is 14.8. The van der Waals surface area contributed by atoms with Crippen molar-refractivity contribution >= 4 is 17.5 Å². The number of oxime groups is 1. The first kappa shape index (κ1) is 46.9. The summed E-state index contributed by atoms with van der Waals surface area (Å²) in [4.78, 5) is 33.4. The van der Waals surface area contributed by atoms with Gasteiger partial charge in [0, 0.05) is 55.4 Å². The molecule has 1 aliphatic heterocycles. The molecule has 65 heavy (non-hydrogen) atoms. The second-order valence-corrected chi connectivity index (χ2v) is 16.7. The summed E-state index contributed by atoms with van der Waals surface area (Å²) >= 11 is 0. The summed E-state index contributed by atoms with van der Waals surface area (Å²) in [6, 6.07) is 26.3. The number of carbonyl (C=O) groups is 1. The third-order valence-electron chi connectivity index (χ3n) is 12.6. The normalized spacial score (nSPS) is 22.4. The number of non-ortho nitro benzene ring substituents is 1. The summed E-state index contributed by atoms with van der Waals surface area (Å²) in [6.07, 6.45) is 8.12. The number of ether oxygens (including phenoxy) is 4. The standard InChI is InChI=1S/C51H58FN3O10/c1-3-26-54(50(58)64-39-22-20-38(21-23-39)55(59)60)47-32-45(53-63-33-35-14-6-5-7-15-35)42-30-36(16-10-12-27-56)41(18-11-13-28-57)48-43-31-40(61-34-37-17-8-9-19-44(37)52)24-25-46(43)65-51(47,49(42)48)62-29-4-2/h4-9,14-15,17,19-25,30-31,36,41,47-49,56-57H,2-3,10-13,16,18,26-29,32-34H2,1H3. The van der Waals surface area contributed by atoms with Crippen molar-refractivity contribution < 1.29 is 48.1 Å². The van der Waals surface area contributed by atoms with Crippen LogP contribution in [0.2, 0.25) is 0 Å². The van der Waals surface area contributed by atoms with Crippen molar-refractivity contribution in [1.29, 1.82) is 0 Å². The molecular formula is C51H58FN3O10. The number of halogens is 1. The Hall–Kier alpha value is -6.09. The molecule has 0 saturated heterocycles. The van der Waals surface area contributed by atoms with Crippen LogP contribution in [-0.4, -0.2) is 70.0 Å². The molecule has 344 valence electrons. The number of aliphatic hydroxyl groups excluding tert-OH is 2. The number of aliphatic hydroxyl groups is 2. The Morgan fingerprint density at radius 3 is 2.40 bits per heavy atom. The molecule has 7 rings (SSSR count). The van der Waals surface area contributed by atoms with Gasteiger partial charge in [-0.2, -0.15) is 0 Å². The van der Waals surface area contributed by atoms with Crippen LogP contribution in [0.15, 0.2) is 127 Å². The summed E-state index contributed by atoms with van der Waals surface area (Å²) in [7, 11) is 0. The van der Waals surface area contributed by atoms with E-state index in [1.54, 1.807) is 35.2 Å². The SMILES string of the molecule is C=CCOC12Oc3ccc(OCc4ccccc4F)cc3C3C(CCCCO)C(CCCCO)C=C(C(=NOCc4ccccc4)CC1N(CCC)C(=O)Oc1ccc([N+](=O)[O-])cc1)C32. The van der Waals surface area contributed by atoms with Gasteiger partial charge in [0.25, 0.3) is 5.69 Å². The van der Waals surface area contributed by atoms with E-state index in [0.717, 1.165) is 42.4 Å². The van der Waals surface area contributed by atoms with E-state index in [-0.39, 0.29) is 81.0 Å². The van der Waals surface area contributed by atoms with Gasteiger partial charge < -0.3 is 34.0 Å². The van der Waals surface area contributed by atoms with E-state index in [2.05, 4.69) is 12.7 Å². The molecule has 0 aromatic heterocycles. The van der Waals surface area contributed by atoms with Crippen LogP contribution in [0.3, 0.4) is 0 Å². The Kier molecular flexibility index (Phi) is 16.0. The molecule has 1 saturated carbocycles. The number of nitro benzene ring substituents is 1. The van der Waals surface area contributed by atoms with Gasteiger partial charge in [-0.1, -0.05) is 85.6 Å². The number of nitro groups is 1. The predicted octanol–water partition coefficient (Wildman–Crippen LogP) is 10.1. The average Bonchev–Trinajstić information content (AvgIpc) is 3.31. The van der Waals surface area contributed by atoms with Crippen LogP contribution in [0.1, 0.15) is 80.9 Å². The van der Waals surface area contributed by atoms with Crippen LogP contribution in [-0.2, 0) is 22.8 Å². The molecule has 2 N–H and O–H groups in total. The van der Waals surface area contributed by atoms with Gasteiger partial charge in [0.1, 0.15) is 42.3 Å². The van der Waals surface area contributed by atoms with Gasteiger partial charge in [-0.05, 0) is 91.5 Å². The van der Waals surface area contributed by atoms with Gasteiger partial charge >= 0.3 is 6.09 Å². The summed E-state index contributed by atoms with van der Waals surface area (Å²) in [6.45, 7) is 6.54. The first-order chi connectivity index (χ1) is 31.7. The van der Waals surface area contributed by atoms with Crippen molar-refractivity contribution in [1.82, 2.24) is 4.90 Å². The summed E-state index contributed by atoms with van der Waals surface area (Å²) in [5.41, 5.74) is 3.52. The van der Waals surface area contributed by atoms with E-state index in [9.17, 15) is 29.5 Å². The molecule has 1 fully saturated rings. The lowest BCUT2D eigenvalue weighted by atomic mass is 9.55. The smallest absolute Gasteiger partial charge is 0.415 e. The second-order valence-electron chi connectivity index (χ2n) is 16.7. The number of amides is 1. The fourth-order valence-corrected chi connectivity index (χ4v) is 9.68. The maximum atomic E-state index is 14.8. The molecule has 0 radical (unpaired) electrons. The number of benzene rings is 4. The van der Waals surface area contributed by atoms with Crippen LogP contribution in [0, 0.1) is 33.7 Å². The number of hydrogen-bond donors (Lipinski definition) is 2. The second kappa shape index (κ2) is 22.2. The Bertz CT molecular complexity index is 2310. The summed E-state index contributed by atoms with van der Waals surface area (Å²) in [5, 5.41) is 36.2. The van der Waals surface area contributed by atoms with Gasteiger partial charge in [-0.3, -0.25) is 15.0 Å². The van der Waals surface area contributed by atoms with Crippen LogP contribution in [0.5, 0.6) is 17.2 Å². The van der Waals surface area contributed by atoms with Gasteiger partial charge in [-0.15, -0.1) is 6.58 Å². The maximum Gasteiger partial charge on any atom is 0.415 e. The number of rotatable bonds is 22. The minimum atomic E-state index is -1.54. The molecule has 13 nitrogen and oxygen atoms in total. The van der Waals surface area contributed by atoms with Crippen molar-refractivity contribution in [3.8, 4) is 17.2 Å². The van der Waals surface area contributed by atoms with Crippen LogP contribution < -0.4 is 14.2 Å². The topological polar surface area (TPSA) is 162 Å². The summed E-state index contributed by atoms with van der Waals surface area (Å²) < 4.78 is 41.4. The number of carbonyl (C=O) groups excluding carboxylic acids is 1. The number of nitrogens with zero attached hydrogens (tertiary/aromatic N) is 3. The number of allylic oxidation sites excluding steroid dienone is 1. The molecule has 1 amide bonds. The molecule has 0 bridgehead atoms. The molecule has 6 atom stereocenters. The molecule has 4 aromatic rings. The first-order valence-corrected chi connectivity index (χ1v) is 22.5. The molecule has 3 aliphatic rings. The molecule has 0 spiro atoms. The highest BCUT2D eigenvalue weighted by Gasteiger charge is 2.65. The zero-order chi connectivity index (χ0) is 45.8. The van der Waals surface area contributed by atoms with E-state index < -0.39 is 28.8 Å². The van der Waals surface area contributed by atoms with Crippen molar-refractivity contribution in [2.45, 2.75) is 89.3 Å². The minimum Gasteiger partial charge on any atom is -0.489 e. The van der Waals surface area contributed by atoms with Gasteiger partial charge in [0.15, 0.2) is 0 Å². The quantitative estimate of drug-likeness (QED) is 0.0336. The van der Waals surface area contributed by atoms with E-state index >= 15 is 0 Å². The summed E-state index contributed by atoms with van der Waals surface area (Å²) in [5.74, 6) is -1.69. The lowest BCUT2D eigenvalue weighted by Crippen LogP contribution is -2.70. The van der Waals surface area contributed by atoms with E-state index in [1.807, 2.05) is 49.4 Å². The first-order valence-electron chi connectivity index (χ1n) is 22.5. The number of unbranched alkanes of at least 4 members (excludes halogenated alkanes) is 2. The van der Waals surface area contributed by atoms with Gasteiger partial charge in [-0.25, -0.2) is 9.18 Å². The minimum absolute atomic E-state index is 0.00213. The van der Waals surface area contributed by atoms with Crippen LogP contribution >= 0.6 is 0 Å². The largest absolute Gasteiger partial charge is 0.489 e. The molecular weight excluding hydrogens is 834 g/mol. The third kappa shape index (κ3) is 10.7. The van der Waals surface area contributed by atoms with E-state index in [1.165, 1.54) is 30.3 Å². The Labute approximate surface area is 379 Å². The Morgan fingerprint density at radius 2 is 1.69 bits per heavy atom. The van der Waals surface area contributed by atoms with Crippen molar-refractivity contribution in [3.63, 3.8) is 0 Å². The van der Waals surface area contributed by atoms with E-state index in [0.29, 0.717) is 42.0 Å². The molecule has 14 heteroatoms. The highest BCUT2D eigenvalue weighted by molar-refractivity contribution is 6.03. The zero-order valence-corrected chi connectivity index (χ0v) is 36.8. The predicted molar refractivity (Wildman–Crippen MR) is 243 cm³/mol. The lowest BCUT2D eigenvalue weighted by Gasteiger charge is -2.59. The van der Waals surface area contributed by atoms with Gasteiger partial charge in [0.2, 0.25) is 5.79 Å². The third-order valence-corrected chi connectivity index (χ3v) is 12.6. The number of hydrogen-bond acceptors (Lipinski definition) is 11. The fourth-order valence-electron chi connectivity index (χ4n) is 9.68. The monoisotopic (exact) mass is 891 g/mol. The van der Waals surface area contributed by atoms with Crippen LogP contribution in [0.4, 0.5) is 14.9 Å². The Balaban J connectivity index is 1.40. The van der Waals surface area contributed by atoms with Crippen molar-refractivity contribution in [2.24, 2.45) is 22.9 Å². The fraction of sp³-hybridized carbons (Fsp3) is 0.412. The highest BCUT2D eigenvalue weighted by Crippen LogP contribution is 2.62. The molecule has 4 aromatic carbocycles. The molecule has 2 aliphatic carbocycles. The van der Waals surface area contributed by atoms with Crippen molar-refractivity contribution in [3.05, 3.63) is 154 Å². The van der Waals surface area contributed by atoms with E-state index in [4.69, 9.17) is 28.9 Å². The highest BCUT2D eigenvalue weighted by atomic mass is 19.1. The van der Waals surface area contributed by atoms with Crippen molar-refractivity contribution in [2.75, 3.05) is 26.4 Å². The van der Waals surface area contributed by atoms with Crippen LogP contribution in [0.25, 0.3) is 0 Å².